The Morgan fingerprint density at radius 3 is 3.14 bits per heavy atom. The maximum atomic E-state index is 12.7. The second-order valence-electron chi connectivity index (χ2n) is 5.90. The van der Waals surface area contributed by atoms with E-state index < -0.39 is 0 Å². The first-order chi connectivity index (χ1) is 10.8. The van der Waals surface area contributed by atoms with Gasteiger partial charge in [-0.3, -0.25) is 9.48 Å². The van der Waals surface area contributed by atoms with E-state index in [1.54, 1.807) is 17.5 Å². The van der Waals surface area contributed by atoms with Gasteiger partial charge in [-0.15, -0.1) is 11.3 Å². The van der Waals surface area contributed by atoms with Crippen molar-refractivity contribution >= 4 is 17.2 Å². The number of hydrogen-bond acceptors (Lipinski definition) is 4. The lowest BCUT2D eigenvalue weighted by molar-refractivity contribution is -0.133. The molecule has 2 fully saturated rings. The van der Waals surface area contributed by atoms with Crippen LogP contribution in [0, 0.1) is 0 Å². The van der Waals surface area contributed by atoms with Crippen molar-refractivity contribution in [2.45, 2.75) is 37.5 Å². The van der Waals surface area contributed by atoms with E-state index in [1.807, 2.05) is 39.4 Å². The van der Waals surface area contributed by atoms with Crippen molar-refractivity contribution in [3.8, 4) is 0 Å². The Balaban J connectivity index is 1.55. The number of ether oxygens (including phenoxy) is 1. The standard InChI is InChI=1S/C16H19N3O2S/c20-15(10-12-4-2-9-22-12)18-11-14(19-7-3-6-17-19)16-13(18)5-1-8-21-16/h2-4,6-7,9,13-14,16H,1,5,8,10-11H2/t13-,14-,16+/m0/s1. The van der Waals surface area contributed by atoms with Crippen LogP contribution in [0.3, 0.4) is 0 Å². The molecule has 0 unspecified atom stereocenters. The summed E-state index contributed by atoms with van der Waals surface area (Å²) >= 11 is 1.64. The van der Waals surface area contributed by atoms with Gasteiger partial charge in [-0.1, -0.05) is 6.07 Å². The van der Waals surface area contributed by atoms with Crippen molar-refractivity contribution in [1.29, 1.82) is 0 Å². The Kier molecular flexibility index (Phi) is 3.72. The predicted molar refractivity (Wildman–Crippen MR) is 83.8 cm³/mol. The summed E-state index contributed by atoms with van der Waals surface area (Å²) in [5.41, 5.74) is 0. The number of hydrogen-bond donors (Lipinski definition) is 0. The van der Waals surface area contributed by atoms with Crippen LogP contribution in [-0.4, -0.2) is 45.9 Å². The number of thiophene rings is 1. The zero-order chi connectivity index (χ0) is 14.9. The van der Waals surface area contributed by atoms with Crippen LogP contribution in [0.4, 0.5) is 0 Å². The van der Waals surface area contributed by atoms with Crippen molar-refractivity contribution < 1.29 is 9.53 Å². The maximum absolute atomic E-state index is 12.7. The first-order valence-corrected chi connectivity index (χ1v) is 8.63. The topological polar surface area (TPSA) is 47.4 Å². The molecule has 3 atom stereocenters. The Labute approximate surface area is 133 Å². The number of rotatable bonds is 3. The smallest absolute Gasteiger partial charge is 0.228 e. The number of carbonyl (C=O) groups is 1. The summed E-state index contributed by atoms with van der Waals surface area (Å²) in [6.45, 7) is 1.48. The summed E-state index contributed by atoms with van der Waals surface area (Å²) in [6.07, 6.45) is 6.36. The fourth-order valence-corrected chi connectivity index (χ4v) is 4.29. The van der Waals surface area contributed by atoms with Crippen molar-refractivity contribution in [1.82, 2.24) is 14.7 Å². The van der Waals surface area contributed by atoms with Gasteiger partial charge in [-0.25, -0.2) is 0 Å². The second-order valence-corrected chi connectivity index (χ2v) is 6.93. The Morgan fingerprint density at radius 2 is 2.36 bits per heavy atom. The van der Waals surface area contributed by atoms with E-state index in [1.165, 1.54) is 0 Å². The summed E-state index contributed by atoms with van der Waals surface area (Å²) in [4.78, 5) is 15.9. The van der Waals surface area contributed by atoms with Crippen LogP contribution in [0.2, 0.25) is 0 Å². The van der Waals surface area contributed by atoms with Crippen LogP contribution >= 0.6 is 11.3 Å². The van der Waals surface area contributed by atoms with Gasteiger partial charge < -0.3 is 9.64 Å². The van der Waals surface area contributed by atoms with Crippen molar-refractivity contribution in [2.24, 2.45) is 0 Å². The van der Waals surface area contributed by atoms with Gasteiger partial charge in [0.25, 0.3) is 0 Å². The minimum absolute atomic E-state index is 0.0703. The lowest BCUT2D eigenvalue weighted by Crippen LogP contribution is -2.43. The molecule has 116 valence electrons. The molecule has 0 aliphatic carbocycles. The Bertz CT molecular complexity index is 626. The highest BCUT2D eigenvalue weighted by atomic mass is 32.1. The summed E-state index contributed by atoms with van der Waals surface area (Å²) in [6, 6.07) is 6.27. The highest BCUT2D eigenvalue weighted by Gasteiger charge is 2.46. The number of aromatic nitrogens is 2. The molecule has 0 aromatic carbocycles. The number of carbonyl (C=O) groups excluding carboxylic acids is 1. The largest absolute Gasteiger partial charge is 0.374 e. The SMILES string of the molecule is O=C(Cc1cccs1)N1C[C@H](n2cccn2)[C@@H]2OCCC[C@@H]21. The summed E-state index contributed by atoms with van der Waals surface area (Å²) in [5.74, 6) is 0.206. The third kappa shape index (κ3) is 2.46. The zero-order valence-electron chi connectivity index (χ0n) is 12.3. The second kappa shape index (κ2) is 5.85. The first kappa shape index (κ1) is 14.0. The van der Waals surface area contributed by atoms with Crippen molar-refractivity contribution in [3.63, 3.8) is 0 Å². The highest BCUT2D eigenvalue weighted by molar-refractivity contribution is 7.10. The average molecular weight is 317 g/mol. The molecular formula is C16H19N3O2S. The van der Waals surface area contributed by atoms with Gasteiger partial charge in [0.15, 0.2) is 0 Å². The number of fused-ring (bicyclic) bond motifs is 1. The van der Waals surface area contributed by atoms with E-state index in [-0.39, 0.29) is 24.1 Å². The third-order valence-electron chi connectivity index (χ3n) is 4.59. The molecule has 4 heterocycles. The molecule has 2 aliphatic rings. The van der Waals surface area contributed by atoms with E-state index >= 15 is 0 Å². The number of nitrogens with zero attached hydrogens (tertiary/aromatic N) is 3. The van der Waals surface area contributed by atoms with Gasteiger partial charge in [0.05, 0.1) is 18.5 Å². The molecule has 0 saturated carbocycles. The van der Waals surface area contributed by atoms with Crippen LogP contribution in [0.5, 0.6) is 0 Å². The lowest BCUT2D eigenvalue weighted by Gasteiger charge is -2.32. The molecule has 5 nitrogen and oxygen atoms in total. The molecule has 2 aromatic heterocycles. The van der Waals surface area contributed by atoms with Gasteiger partial charge in [-0.2, -0.15) is 5.10 Å². The zero-order valence-corrected chi connectivity index (χ0v) is 13.1. The first-order valence-electron chi connectivity index (χ1n) is 7.75. The van der Waals surface area contributed by atoms with Crippen molar-refractivity contribution in [2.75, 3.05) is 13.2 Å². The van der Waals surface area contributed by atoms with E-state index in [0.29, 0.717) is 13.0 Å². The molecule has 0 radical (unpaired) electrons. The van der Waals surface area contributed by atoms with Crippen LogP contribution in [-0.2, 0) is 16.0 Å². The summed E-state index contributed by atoms with van der Waals surface area (Å²) in [7, 11) is 0. The normalized spacial score (nSPS) is 27.8. The fourth-order valence-electron chi connectivity index (χ4n) is 3.59. The molecule has 1 amide bonds. The molecule has 2 aromatic rings. The van der Waals surface area contributed by atoms with Gasteiger partial charge in [0, 0.05) is 30.4 Å². The highest BCUT2D eigenvalue weighted by Crippen LogP contribution is 2.35. The quantitative estimate of drug-likeness (QED) is 0.871. The van der Waals surface area contributed by atoms with Gasteiger partial charge in [0.2, 0.25) is 5.91 Å². The van der Waals surface area contributed by atoms with E-state index in [9.17, 15) is 4.79 Å². The molecule has 22 heavy (non-hydrogen) atoms. The fraction of sp³-hybridized carbons (Fsp3) is 0.500. The molecule has 2 saturated heterocycles. The Hall–Kier alpha value is -1.66. The van der Waals surface area contributed by atoms with Crippen LogP contribution in [0.15, 0.2) is 36.0 Å². The molecule has 0 N–H and O–H groups in total. The molecule has 2 aliphatic heterocycles. The molecule has 4 rings (SSSR count). The van der Waals surface area contributed by atoms with E-state index in [0.717, 1.165) is 24.3 Å². The van der Waals surface area contributed by atoms with Gasteiger partial charge >= 0.3 is 0 Å². The monoisotopic (exact) mass is 317 g/mol. The molecule has 6 heteroatoms. The maximum Gasteiger partial charge on any atom is 0.228 e. The van der Waals surface area contributed by atoms with E-state index in [2.05, 4.69) is 5.10 Å². The third-order valence-corrected chi connectivity index (χ3v) is 5.46. The minimum atomic E-state index is 0.0703. The molecule has 0 spiro atoms. The lowest BCUT2D eigenvalue weighted by atomic mass is 10.0. The predicted octanol–water partition coefficient (Wildman–Crippen LogP) is 2.12. The van der Waals surface area contributed by atoms with Crippen LogP contribution in [0.1, 0.15) is 23.8 Å². The molecular weight excluding hydrogens is 298 g/mol. The number of likely N-dealkylation sites (tertiary alicyclic amines) is 1. The minimum Gasteiger partial charge on any atom is -0.374 e. The van der Waals surface area contributed by atoms with Crippen LogP contribution in [0.25, 0.3) is 0 Å². The summed E-state index contributed by atoms with van der Waals surface area (Å²) < 4.78 is 7.95. The Morgan fingerprint density at radius 1 is 1.41 bits per heavy atom. The van der Waals surface area contributed by atoms with Crippen molar-refractivity contribution in [3.05, 3.63) is 40.8 Å². The molecule has 0 bridgehead atoms. The van der Waals surface area contributed by atoms with Gasteiger partial charge in [-0.05, 0) is 30.4 Å². The number of amides is 1. The average Bonchev–Trinajstić information content (AvgIpc) is 3.27. The van der Waals surface area contributed by atoms with E-state index in [4.69, 9.17) is 4.74 Å². The van der Waals surface area contributed by atoms with Crippen LogP contribution < -0.4 is 0 Å². The van der Waals surface area contributed by atoms with Gasteiger partial charge in [0.1, 0.15) is 6.10 Å². The summed E-state index contributed by atoms with van der Waals surface area (Å²) in [5, 5.41) is 6.38.